The summed E-state index contributed by atoms with van der Waals surface area (Å²) >= 11 is 0. The van der Waals surface area contributed by atoms with E-state index in [4.69, 9.17) is 0 Å². The van der Waals surface area contributed by atoms with Crippen LogP contribution < -0.4 is 5.32 Å². The lowest BCUT2D eigenvalue weighted by molar-refractivity contribution is 0.280. The van der Waals surface area contributed by atoms with E-state index in [9.17, 15) is 16.8 Å². The summed E-state index contributed by atoms with van der Waals surface area (Å²) in [4.78, 5) is 0. The second-order valence-corrected chi connectivity index (χ2v) is 10.6. The van der Waals surface area contributed by atoms with Gasteiger partial charge in [-0.25, -0.2) is 21.1 Å². The van der Waals surface area contributed by atoms with Crippen molar-refractivity contribution in [3.05, 3.63) is 0 Å². The van der Waals surface area contributed by atoms with Crippen LogP contribution in [0.15, 0.2) is 0 Å². The summed E-state index contributed by atoms with van der Waals surface area (Å²) < 4.78 is 49.8. The highest BCUT2D eigenvalue weighted by Crippen LogP contribution is 2.25. The van der Waals surface area contributed by atoms with Crippen LogP contribution in [0.25, 0.3) is 0 Å². The molecule has 0 saturated carbocycles. The molecule has 2 aliphatic rings. The van der Waals surface area contributed by atoms with Gasteiger partial charge in [0.2, 0.25) is 10.0 Å². The molecule has 2 saturated heterocycles. The van der Waals surface area contributed by atoms with E-state index >= 15 is 0 Å². The number of hydrogen-bond donors (Lipinski definition) is 1. The maximum absolute atomic E-state index is 12.7. The smallest absolute Gasteiger partial charge is 0.217 e. The Morgan fingerprint density at radius 3 is 2.48 bits per heavy atom. The first-order chi connectivity index (χ1) is 9.85. The van der Waals surface area contributed by atoms with E-state index in [1.54, 1.807) is 4.31 Å². The van der Waals surface area contributed by atoms with Crippen LogP contribution in [0, 0.1) is 0 Å². The molecule has 2 aliphatic heterocycles. The molecular formula is C13H26N2O4S2. The van der Waals surface area contributed by atoms with Gasteiger partial charge in [0.25, 0.3) is 0 Å². The Bertz CT molecular complexity index is 531. The molecule has 0 aromatic carbocycles. The molecule has 8 heteroatoms. The molecular weight excluding hydrogens is 312 g/mol. The molecule has 0 aliphatic carbocycles. The van der Waals surface area contributed by atoms with Crippen LogP contribution in [-0.2, 0) is 19.9 Å². The third-order valence-electron chi connectivity index (χ3n) is 4.35. The largest absolute Gasteiger partial charge is 0.313 e. The summed E-state index contributed by atoms with van der Waals surface area (Å²) in [6.07, 6.45) is 3.39. The first-order valence-electron chi connectivity index (χ1n) is 7.78. The van der Waals surface area contributed by atoms with Crippen molar-refractivity contribution in [2.24, 2.45) is 0 Å². The topological polar surface area (TPSA) is 83.6 Å². The Balaban J connectivity index is 1.99. The van der Waals surface area contributed by atoms with E-state index in [-0.39, 0.29) is 30.4 Å². The number of piperidine rings is 1. The molecule has 21 heavy (non-hydrogen) atoms. The number of nitrogens with zero attached hydrogens (tertiary/aromatic N) is 1. The summed E-state index contributed by atoms with van der Waals surface area (Å²) in [6, 6.07) is 0.223. The van der Waals surface area contributed by atoms with Crippen molar-refractivity contribution in [2.75, 3.05) is 31.1 Å². The monoisotopic (exact) mass is 338 g/mol. The van der Waals surface area contributed by atoms with E-state index in [0.29, 0.717) is 13.1 Å². The van der Waals surface area contributed by atoms with E-state index in [0.717, 1.165) is 25.8 Å². The van der Waals surface area contributed by atoms with Gasteiger partial charge < -0.3 is 5.32 Å². The number of sulfone groups is 1. The molecule has 0 aromatic heterocycles. The van der Waals surface area contributed by atoms with Crippen molar-refractivity contribution >= 4 is 19.9 Å². The predicted octanol–water partition coefficient (Wildman–Crippen LogP) is 0.357. The second-order valence-electron chi connectivity index (χ2n) is 6.05. The second kappa shape index (κ2) is 6.93. The van der Waals surface area contributed by atoms with Crippen LogP contribution in [-0.4, -0.2) is 63.6 Å². The number of rotatable bonds is 5. The van der Waals surface area contributed by atoms with E-state index < -0.39 is 25.1 Å². The van der Waals surface area contributed by atoms with Gasteiger partial charge in [-0.3, -0.25) is 0 Å². The Labute approximate surface area is 128 Å². The molecule has 0 radical (unpaired) electrons. The van der Waals surface area contributed by atoms with Crippen LogP contribution in [0.1, 0.15) is 39.0 Å². The van der Waals surface area contributed by atoms with Crippen LogP contribution in [0.3, 0.4) is 0 Å². The lowest BCUT2D eigenvalue weighted by Crippen LogP contribution is -2.51. The normalized spacial score (nSPS) is 28.5. The summed E-state index contributed by atoms with van der Waals surface area (Å²) in [5.41, 5.74) is 0. The fourth-order valence-corrected chi connectivity index (χ4v) is 6.88. The van der Waals surface area contributed by atoms with Crippen molar-refractivity contribution in [2.45, 2.75) is 50.3 Å². The van der Waals surface area contributed by atoms with Gasteiger partial charge in [-0.05, 0) is 38.6 Å². The predicted molar refractivity (Wildman–Crippen MR) is 83.5 cm³/mol. The number of sulfonamides is 1. The van der Waals surface area contributed by atoms with Gasteiger partial charge in [-0.15, -0.1) is 0 Å². The molecule has 124 valence electrons. The minimum absolute atomic E-state index is 0.00223. The van der Waals surface area contributed by atoms with E-state index in [2.05, 4.69) is 12.2 Å². The fraction of sp³-hybridized carbons (Fsp3) is 1.00. The van der Waals surface area contributed by atoms with Gasteiger partial charge in [0, 0.05) is 19.1 Å². The lowest BCUT2D eigenvalue weighted by atomic mass is 10.1. The molecule has 1 unspecified atom stereocenters. The maximum atomic E-state index is 12.7. The number of nitrogens with one attached hydrogen (secondary N) is 1. The molecule has 0 spiro atoms. The molecule has 2 fully saturated rings. The molecule has 2 heterocycles. The van der Waals surface area contributed by atoms with Gasteiger partial charge in [-0.1, -0.05) is 6.92 Å². The molecule has 0 bridgehead atoms. The molecule has 2 rings (SSSR count). The Hall–Kier alpha value is -0.180. The van der Waals surface area contributed by atoms with Crippen molar-refractivity contribution in [1.29, 1.82) is 0 Å². The summed E-state index contributed by atoms with van der Waals surface area (Å²) in [7, 11) is -6.39. The van der Waals surface area contributed by atoms with Crippen LogP contribution in [0.5, 0.6) is 0 Å². The van der Waals surface area contributed by atoms with Gasteiger partial charge in [0.05, 0.1) is 16.8 Å². The standard InChI is InChI=1S/C13H26N2O4S2/c1-2-7-14-12-4-3-8-15(11-12)21(18,19)13-5-9-20(16,17)10-6-13/h12-14H,2-11H2,1H3. The van der Waals surface area contributed by atoms with Crippen LogP contribution >= 0.6 is 0 Å². The van der Waals surface area contributed by atoms with E-state index in [1.807, 2.05) is 0 Å². The maximum Gasteiger partial charge on any atom is 0.217 e. The summed E-state index contributed by atoms with van der Waals surface area (Å²) in [5, 5.41) is 2.87. The average Bonchev–Trinajstić information content (AvgIpc) is 2.45. The summed E-state index contributed by atoms with van der Waals surface area (Å²) in [5.74, 6) is 0.00446. The first-order valence-corrected chi connectivity index (χ1v) is 11.1. The average molecular weight is 338 g/mol. The van der Waals surface area contributed by atoms with Crippen molar-refractivity contribution in [1.82, 2.24) is 9.62 Å². The highest BCUT2D eigenvalue weighted by molar-refractivity contribution is 7.92. The Morgan fingerprint density at radius 1 is 1.19 bits per heavy atom. The Kier molecular flexibility index (Phi) is 5.67. The molecule has 0 aromatic rings. The van der Waals surface area contributed by atoms with Gasteiger partial charge in [0.15, 0.2) is 0 Å². The SMILES string of the molecule is CCCNC1CCCN(S(=O)(=O)C2CCS(=O)(=O)CC2)C1. The molecule has 6 nitrogen and oxygen atoms in total. The zero-order valence-electron chi connectivity index (χ0n) is 12.6. The van der Waals surface area contributed by atoms with Gasteiger partial charge >= 0.3 is 0 Å². The zero-order valence-corrected chi connectivity index (χ0v) is 14.3. The van der Waals surface area contributed by atoms with Crippen molar-refractivity contribution in [3.8, 4) is 0 Å². The molecule has 0 amide bonds. The third kappa shape index (κ3) is 4.40. The van der Waals surface area contributed by atoms with Crippen molar-refractivity contribution < 1.29 is 16.8 Å². The highest BCUT2D eigenvalue weighted by atomic mass is 32.2. The zero-order chi connectivity index (χ0) is 15.5. The minimum Gasteiger partial charge on any atom is -0.313 e. The molecule has 1 atom stereocenters. The van der Waals surface area contributed by atoms with Gasteiger partial charge in [0.1, 0.15) is 9.84 Å². The van der Waals surface area contributed by atoms with Crippen molar-refractivity contribution in [3.63, 3.8) is 0 Å². The Morgan fingerprint density at radius 2 is 1.86 bits per heavy atom. The van der Waals surface area contributed by atoms with Crippen LogP contribution in [0.2, 0.25) is 0 Å². The van der Waals surface area contributed by atoms with Gasteiger partial charge in [-0.2, -0.15) is 0 Å². The fourth-order valence-electron chi connectivity index (χ4n) is 3.07. The lowest BCUT2D eigenvalue weighted by Gasteiger charge is -2.35. The third-order valence-corrected chi connectivity index (χ3v) is 8.43. The van der Waals surface area contributed by atoms with E-state index in [1.165, 1.54) is 0 Å². The highest BCUT2D eigenvalue weighted by Gasteiger charge is 2.38. The minimum atomic E-state index is -3.36. The van der Waals surface area contributed by atoms with Crippen LogP contribution in [0.4, 0.5) is 0 Å². The summed E-state index contributed by atoms with van der Waals surface area (Å²) in [6.45, 7) is 4.08. The first kappa shape index (κ1) is 17.2. The molecule has 1 N–H and O–H groups in total. The quantitative estimate of drug-likeness (QED) is 0.782. The number of hydrogen-bond acceptors (Lipinski definition) is 5.